The van der Waals surface area contributed by atoms with Crippen molar-refractivity contribution in [2.75, 3.05) is 21.3 Å². The summed E-state index contributed by atoms with van der Waals surface area (Å²) >= 11 is 5.86. The number of hydrogen-bond acceptors (Lipinski definition) is 4. The van der Waals surface area contributed by atoms with Crippen LogP contribution < -0.4 is 14.2 Å². The van der Waals surface area contributed by atoms with Crippen LogP contribution in [0.4, 0.5) is 0 Å². The molecule has 0 amide bonds. The minimum Gasteiger partial charge on any atom is -0.492 e. The quantitative estimate of drug-likeness (QED) is 0.881. The van der Waals surface area contributed by atoms with Gasteiger partial charge in [-0.25, -0.2) is 4.79 Å². The van der Waals surface area contributed by atoms with Gasteiger partial charge in [-0.15, -0.1) is 0 Å². The minimum absolute atomic E-state index is 0.0786. The highest BCUT2D eigenvalue weighted by molar-refractivity contribution is 6.32. The summed E-state index contributed by atoms with van der Waals surface area (Å²) in [7, 11) is 4.13. The second kappa shape index (κ2) is 4.94. The Morgan fingerprint density at radius 1 is 1.12 bits per heavy atom. The lowest BCUT2D eigenvalue weighted by molar-refractivity contribution is 0.0692. The Hall–Kier alpha value is -1.62. The Bertz CT molecular complexity index is 416. The number of methoxy groups -OCH3 is 3. The molecule has 0 saturated carbocycles. The zero-order valence-electron chi connectivity index (χ0n) is 9.04. The summed E-state index contributed by atoms with van der Waals surface area (Å²) in [6.07, 6.45) is 0. The van der Waals surface area contributed by atoms with Crippen molar-refractivity contribution < 1.29 is 24.1 Å². The number of carboxylic acid groups (broad SMARTS) is 1. The highest BCUT2D eigenvalue weighted by atomic mass is 35.5. The van der Waals surface area contributed by atoms with Crippen LogP contribution in [0.25, 0.3) is 0 Å². The van der Waals surface area contributed by atoms with Crippen molar-refractivity contribution >= 4 is 17.6 Å². The number of aromatic carboxylic acids is 1. The van der Waals surface area contributed by atoms with Gasteiger partial charge in [-0.1, -0.05) is 11.6 Å². The summed E-state index contributed by atoms with van der Waals surface area (Å²) in [4.78, 5) is 11.0. The molecule has 5 nitrogen and oxygen atoms in total. The Kier molecular flexibility index (Phi) is 3.84. The van der Waals surface area contributed by atoms with E-state index in [4.69, 9.17) is 30.9 Å². The van der Waals surface area contributed by atoms with Gasteiger partial charge >= 0.3 is 5.97 Å². The maximum absolute atomic E-state index is 11.0. The van der Waals surface area contributed by atoms with E-state index < -0.39 is 5.97 Å². The number of benzene rings is 1. The molecule has 0 aromatic heterocycles. The molecular weight excluding hydrogens is 236 g/mol. The highest BCUT2D eigenvalue weighted by Crippen LogP contribution is 2.44. The van der Waals surface area contributed by atoms with Gasteiger partial charge in [-0.2, -0.15) is 0 Å². The van der Waals surface area contributed by atoms with Crippen LogP contribution >= 0.6 is 11.6 Å². The molecule has 0 aliphatic heterocycles. The predicted molar refractivity (Wildman–Crippen MR) is 58.1 cm³/mol. The Morgan fingerprint density at radius 3 is 2.00 bits per heavy atom. The second-order valence-electron chi connectivity index (χ2n) is 2.81. The fourth-order valence-corrected chi connectivity index (χ4v) is 1.60. The average Bonchev–Trinajstić information content (AvgIpc) is 2.27. The van der Waals surface area contributed by atoms with Gasteiger partial charge in [0.25, 0.3) is 0 Å². The molecule has 0 atom stereocenters. The smallest absolute Gasteiger partial charge is 0.339 e. The zero-order chi connectivity index (χ0) is 12.3. The molecule has 0 aliphatic carbocycles. The van der Waals surface area contributed by atoms with Crippen molar-refractivity contribution in [1.29, 1.82) is 0 Å². The van der Waals surface area contributed by atoms with E-state index in [1.54, 1.807) is 0 Å². The van der Waals surface area contributed by atoms with Gasteiger partial charge in [0, 0.05) is 0 Å². The maximum Gasteiger partial charge on any atom is 0.339 e. The molecule has 6 heteroatoms. The van der Waals surface area contributed by atoms with Gasteiger partial charge in [0.1, 0.15) is 5.56 Å². The van der Waals surface area contributed by atoms with E-state index >= 15 is 0 Å². The van der Waals surface area contributed by atoms with Crippen molar-refractivity contribution in [3.63, 3.8) is 0 Å². The molecule has 0 heterocycles. The van der Waals surface area contributed by atoms with Crippen LogP contribution in [0.3, 0.4) is 0 Å². The lowest BCUT2D eigenvalue weighted by atomic mass is 10.1. The summed E-state index contributed by atoms with van der Waals surface area (Å²) in [5, 5.41) is 9.12. The van der Waals surface area contributed by atoms with Crippen LogP contribution in [0.15, 0.2) is 6.07 Å². The summed E-state index contributed by atoms with van der Waals surface area (Å²) < 4.78 is 15.0. The fraction of sp³-hybridized carbons (Fsp3) is 0.300. The van der Waals surface area contributed by atoms with Crippen molar-refractivity contribution in [2.45, 2.75) is 0 Å². The summed E-state index contributed by atoms with van der Waals surface area (Å²) in [5.41, 5.74) is -0.0786. The molecule has 0 unspecified atom stereocenters. The van der Waals surface area contributed by atoms with Crippen LogP contribution in [0, 0.1) is 0 Å². The van der Waals surface area contributed by atoms with E-state index in [1.807, 2.05) is 0 Å². The average molecular weight is 247 g/mol. The third kappa shape index (κ3) is 1.99. The number of hydrogen-bond donors (Lipinski definition) is 1. The number of carboxylic acids is 1. The normalized spacial score (nSPS) is 9.75. The number of carbonyl (C=O) groups is 1. The van der Waals surface area contributed by atoms with Crippen molar-refractivity contribution in [2.24, 2.45) is 0 Å². The molecule has 16 heavy (non-hydrogen) atoms. The molecule has 1 aromatic carbocycles. The molecule has 1 rings (SSSR count). The minimum atomic E-state index is -1.15. The van der Waals surface area contributed by atoms with Crippen molar-refractivity contribution in [3.05, 3.63) is 16.7 Å². The molecule has 0 spiro atoms. The maximum atomic E-state index is 11.0. The van der Waals surface area contributed by atoms with Crippen LogP contribution in [0.2, 0.25) is 5.02 Å². The lowest BCUT2D eigenvalue weighted by Crippen LogP contribution is -2.04. The molecule has 88 valence electrons. The predicted octanol–water partition coefficient (Wildman–Crippen LogP) is 2.06. The zero-order valence-corrected chi connectivity index (χ0v) is 9.79. The molecule has 0 fully saturated rings. The van der Waals surface area contributed by atoms with E-state index in [-0.39, 0.29) is 27.8 Å². The van der Waals surface area contributed by atoms with Gasteiger partial charge in [0.05, 0.1) is 26.4 Å². The van der Waals surface area contributed by atoms with E-state index in [0.717, 1.165) is 0 Å². The first-order chi connectivity index (χ1) is 7.56. The van der Waals surface area contributed by atoms with E-state index in [2.05, 4.69) is 0 Å². The highest BCUT2D eigenvalue weighted by Gasteiger charge is 2.23. The lowest BCUT2D eigenvalue weighted by Gasteiger charge is -2.15. The molecule has 0 aliphatic rings. The van der Waals surface area contributed by atoms with Gasteiger partial charge in [-0.3, -0.25) is 0 Å². The summed E-state index contributed by atoms with van der Waals surface area (Å²) in [6.45, 7) is 0. The van der Waals surface area contributed by atoms with Gasteiger partial charge in [0.2, 0.25) is 5.75 Å². The standard InChI is InChI=1S/C10H11ClO5/c1-14-7-5(10(12)13)4-6(11)8(15-2)9(7)16-3/h4H,1-3H3,(H,12,13). The monoisotopic (exact) mass is 246 g/mol. The summed E-state index contributed by atoms with van der Waals surface area (Å²) in [5.74, 6) is -0.670. The van der Waals surface area contributed by atoms with Gasteiger partial charge < -0.3 is 19.3 Å². The van der Waals surface area contributed by atoms with Crippen LogP contribution in [-0.2, 0) is 0 Å². The van der Waals surface area contributed by atoms with Gasteiger partial charge in [0.15, 0.2) is 11.5 Å². The first-order valence-corrected chi connectivity index (χ1v) is 4.66. The van der Waals surface area contributed by atoms with Crippen molar-refractivity contribution in [3.8, 4) is 17.2 Å². The largest absolute Gasteiger partial charge is 0.492 e. The number of halogens is 1. The Balaban J connectivity index is 3.56. The van der Waals surface area contributed by atoms with Crippen LogP contribution in [-0.4, -0.2) is 32.4 Å². The third-order valence-electron chi connectivity index (χ3n) is 1.99. The topological polar surface area (TPSA) is 65.0 Å². The molecule has 0 radical (unpaired) electrons. The molecule has 0 saturated heterocycles. The molecule has 0 bridgehead atoms. The van der Waals surface area contributed by atoms with Crippen LogP contribution in [0.5, 0.6) is 17.2 Å². The number of rotatable bonds is 4. The molecule has 1 N–H and O–H groups in total. The summed E-state index contributed by atoms with van der Waals surface area (Å²) in [6, 6.07) is 1.25. The van der Waals surface area contributed by atoms with E-state index in [9.17, 15) is 4.79 Å². The van der Waals surface area contributed by atoms with E-state index in [0.29, 0.717) is 0 Å². The van der Waals surface area contributed by atoms with Crippen LogP contribution in [0.1, 0.15) is 10.4 Å². The first-order valence-electron chi connectivity index (χ1n) is 4.28. The first kappa shape index (κ1) is 12.4. The SMILES string of the molecule is COc1c(Cl)cc(C(=O)O)c(OC)c1OC. The Morgan fingerprint density at radius 2 is 1.62 bits per heavy atom. The third-order valence-corrected chi connectivity index (χ3v) is 2.27. The number of ether oxygens (including phenoxy) is 3. The van der Waals surface area contributed by atoms with Gasteiger partial charge in [-0.05, 0) is 6.07 Å². The second-order valence-corrected chi connectivity index (χ2v) is 3.22. The molecule has 1 aromatic rings. The Labute approximate surface area is 97.5 Å². The van der Waals surface area contributed by atoms with E-state index in [1.165, 1.54) is 27.4 Å². The fourth-order valence-electron chi connectivity index (χ4n) is 1.33. The molecular formula is C10H11ClO5. The van der Waals surface area contributed by atoms with Crippen molar-refractivity contribution in [1.82, 2.24) is 0 Å².